The van der Waals surface area contributed by atoms with E-state index in [4.69, 9.17) is 10.5 Å². The number of aliphatic hydroxyl groups is 1. The molecule has 0 amide bonds. The first kappa shape index (κ1) is 11.5. The Hall–Kier alpha value is -0.580. The highest BCUT2D eigenvalue weighted by molar-refractivity contribution is 9.10. The second-order valence-electron chi connectivity index (χ2n) is 3.17. The molecule has 2 atom stereocenters. The molecule has 0 aliphatic rings. The third-order valence-electron chi connectivity index (χ3n) is 2.02. The minimum Gasteiger partial charge on any atom is -0.495 e. The summed E-state index contributed by atoms with van der Waals surface area (Å²) in [7, 11) is 1.57. The van der Waals surface area contributed by atoms with Crippen molar-refractivity contribution in [1.29, 1.82) is 0 Å². The van der Waals surface area contributed by atoms with Gasteiger partial charge in [0.2, 0.25) is 0 Å². The molecule has 0 aliphatic carbocycles. The SMILES string of the molecule is COc1c(Br)cccc1[C@@H](O)[C@H](C)N. The third-order valence-corrected chi connectivity index (χ3v) is 2.64. The Bertz CT molecular complexity index is 315. The van der Waals surface area contributed by atoms with Crippen LogP contribution in [-0.4, -0.2) is 18.3 Å². The Labute approximate surface area is 92.0 Å². The molecular weight excluding hydrogens is 246 g/mol. The molecule has 0 radical (unpaired) electrons. The fourth-order valence-electron chi connectivity index (χ4n) is 1.26. The fraction of sp³-hybridized carbons (Fsp3) is 0.400. The summed E-state index contributed by atoms with van der Waals surface area (Å²) in [6.45, 7) is 1.75. The number of ether oxygens (including phenoxy) is 1. The zero-order valence-corrected chi connectivity index (χ0v) is 9.78. The highest BCUT2D eigenvalue weighted by atomic mass is 79.9. The molecule has 0 aromatic heterocycles. The van der Waals surface area contributed by atoms with Gasteiger partial charge in [0.05, 0.1) is 17.7 Å². The molecule has 0 spiro atoms. The van der Waals surface area contributed by atoms with Crippen LogP contribution in [0.1, 0.15) is 18.6 Å². The van der Waals surface area contributed by atoms with Crippen molar-refractivity contribution >= 4 is 15.9 Å². The number of para-hydroxylation sites is 1. The van der Waals surface area contributed by atoms with Gasteiger partial charge in [-0.1, -0.05) is 12.1 Å². The normalized spacial score (nSPS) is 14.9. The van der Waals surface area contributed by atoms with Crippen LogP contribution < -0.4 is 10.5 Å². The van der Waals surface area contributed by atoms with E-state index in [1.807, 2.05) is 12.1 Å². The van der Waals surface area contributed by atoms with Gasteiger partial charge in [-0.15, -0.1) is 0 Å². The first-order valence-electron chi connectivity index (χ1n) is 4.34. The van der Waals surface area contributed by atoms with Crippen LogP contribution in [0.3, 0.4) is 0 Å². The maximum atomic E-state index is 9.81. The molecule has 0 aliphatic heterocycles. The average Bonchev–Trinajstić information content (AvgIpc) is 2.16. The molecule has 0 unspecified atom stereocenters. The van der Waals surface area contributed by atoms with E-state index in [0.717, 1.165) is 4.47 Å². The van der Waals surface area contributed by atoms with E-state index >= 15 is 0 Å². The van der Waals surface area contributed by atoms with Gasteiger partial charge in [0.25, 0.3) is 0 Å². The first-order chi connectivity index (χ1) is 6.57. The highest BCUT2D eigenvalue weighted by Gasteiger charge is 2.18. The van der Waals surface area contributed by atoms with E-state index in [2.05, 4.69) is 15.9 Å². The van der Waals surface area contributed by atoms with Gasteiger partial charge in [-0.05, 0) is 28.9 Å². The van der Waals surface area contributed by atoms with Gasteiger partial charge in [0.1, 0.15) is 5.75 Å². The van der Waals surface area contributed by atoms with Crippen LogP contribution >= 0.6 is 15.9 Å². The smallest absolute Gasteiger partial charge is 0.138 e. The summed E-state index contributed by atoms with van der Waals surface area (Å²) in [6, 6.07) is 5.18. The van der Waals surface area contributed by atoms with Crippen LogP contribution in [0.15, 0.2) is 22.7 Å². The zero-order valence-electron chi connectivity index (χ0n) is 8.20. The third kappa shape index (κ3) is 2.26. The molecule has 14 heavy (non-hydrogen) atoms. The molecule has 4 heteroatoms. The largest absolute Gasteiger partial charge is 0.495 e. The fourth-order valence-corrected chi connectivity index (χ4v) is 1.80. The number of methoxy groups -OCH3 is 1. The molecule has 1 rings (SSSR count). The minimum absolute atomic E-state index is 0.321. The van der Waals surface area contributed by atoms with Crippen molar-refractivity contribution in [3.63, 3.8) is 0 Å². The van der Waals surface area contributed by atoms with Gasteiger partial charge in [-0.25, -0.2) is 0 Å². The lowest BCUT2D eigenvalue weighted by Gasteiger charge is -2.18. The molecule has 3 nitrogen and oxygen atoms in total. The molecule has 3 N–H and O–H groups in total. The van der Waals surface area contributed by atoms with E-state index in [-0.39, 0.29) is 6.04 Å². The van der Waals surface area contributed by atoms with E-state index < -0.39 is 6.10 Å². The molecular formula is C10H14BrNO2. The van der Waals surface area contributed by atoms with Gasteiger partial charge >= 0.3 is 0 Å². The lowest BCUT2D eigenvalue weighted by molar-refractivity contribution is 0.149. The first-order valence-corrected chi connectivity index (χ1v) is 5.13. The Balaban J connectivity index is 3.13. The number of hydrogen-bond donors (Lipinski definition) is 2. The number of rotatable bonds is 3. The molecule has 1 aromatic rings. The van der Waals surface area contributed by atoms with Crippen LogP contribution in [0.25, 0.3) is 0 Å². The second-order valence-corrected chi connectivity index (χ2v) is 4.02. The Morgan fingerprint density at radius 3 is 2.64 bits per heavy atom. The number of nitrogens with two attached hydrogens (primary N) is 1. The molecule has 0 saturated heterocycles. The summed E-state index contributed by atoms with van der Waals surface area (Å²) < 4.78 is 6.00. The molecule has 78 valence electrons. The van der Waals surface area contributed by atoms with Gasteiger partial charge in [0, 0.05) is 11.6 Å². The monoisotopic (exact) mass is 259 g/mol. The Morgan fingerprint density at radius 1 is 1.50 bits per heavy atom. The predicted octanol–water partition coefficient (Wildman–Crippen LogP) is 1.84. The van der Waals surface area contributed by atoms with Gasteiger partial charge < -0.3 is 15.6 Å². The quantitative estimate of drug-likeness (QED) is 0.871. The van der Waals surface area contributed by atoms with Crippen molar-refractivity contribution in [3.05, 3.63) is 28.2 Å². The molecule has 0 heterocycles. The maximum Gasteiger partial charge on any atom is 0.138 e. The number of aliphatic hydroxyl groups excluding tert-OH is 1. The Morgan fingerprint density at radius 2 is 2.14 bits per heavy atom. The summed E-state index contributed by atoms with van der Waals surface area (Å²) >= 11 is 3.35. The number of halogens is 1. The summed E-state index contributed by atoms with van der Waals surface area (Å²) in [5, 5.41) is 9.81. The van der Waals surface area contributed by atoms with Gasteiger partial charge in [-0.2, -0.15) is 0 Å². The van der Waals surface area contributed by atoms with E-state index in [1.54, 1.807) is 20.1 Å². The summed E-state index contributed by atoms with van der Waals surface area (Å²) in [5.41, 5.74) is 6.33. The van der Waals surface area contributed by atoms with Crippen molar-refractivity contribution in [2.45, 2.75) is 19.1 Å². The molecule has 0 saturated carbocycles. The minimum atomic E-state index is -0.706. The lowest BCUT2D eigenvalue weighted by Crippen LogP contribution is -2.24. The van der Waals surface area contributed by atoms with Crippen LogP contribution in [0.2, 0.25) is 0 Å². The van der Waals surface area contributed by atoms with E-state index in [0.29, 0.717) is 11.3 Å². The van der Waals surface area contributed by atoms with Gasteiger partial charge in [-0.3, -0.25) is 0 Å². The average molecular weight is 260 g/mol. The standard InChI is InChI=1S/C10H14BrNO2/c1-6(12)9(13)7-4-3-5-8(11)10(7)14-2/h3-6,9,13H,12H2,1-2H3/t6-,9-/m0/s1. The van der Waals surface area contributed by atoms with Crippen molar-refractivity contribution < 1.29 is 9.84 Å². The van der Waals surface area contributed by atoms with Crippen LogP contribution in [-0.2, 0) is 0 Å². The zero-order chi connectivity index (χ0) is 10.7. The summed E-state index contributed by atoms with van der Waals surface area (Å²) in [4.78, 5) is 0. The summed E-state index contributed by atoms with van der Waals surface area (Å²) in [6.07, 6.45) is -0.706. The van der Waals surface area contributed by atoms with Crippen molar-refractivity contribution in [2.75, 3.05) is 7.11 Å². The summed E-state index contributed by atoms with van der Waals surface area (Å²) in [5.74, 6) is 0.636. The van der Waals surface area contributed by atoms with Gasteiger partial charge in [0.15, 0.2) is 0 Å². The van der Waals surface area contributed by atoms with Crippen LogP contribution in [0, 0.1) is 0 Å². The number of hydrogen-bond acceptors (Lipinski definition) is 3. The van der Waals surface area contributed by atoms with E-state index in [9.17, 15) is 5.11 Å². The highest BCUT2D eigenvalue weighted by Crippen LogP contribution is 2.33. The predicted molar refractivity (Wildman–Crippen MR) is 59.3 cm³/mol. The van der Waals surface area contributed by atoms with Crippen molar-refractivity contribution in [3.8, 4) is 5.75 Å². The Kier molecular flexibility index (Phi) is 3.92. The molecule has 0 fully saturated rings. The van der Waals surface area contributed by atoms with Crippen molar-refractivity contribution in [1.82, 2.24) is 0 Å². The van der Waals surface area contributed by atoms with Crippen molar-refractivity contribution in [2.24, 2.45) is 5.73 Å². The topological polar surface area (TPSA) is 55.5 Å². The van der Waals surface area contributed by atoms with Crippen LogP contribution in [0.4, 0.5) is 0 Å². The van der Waals surface area contributed by atoms with E-state index in [1.165, 1.54) is 0 Å². The molecule has 0 bridgehead atoms. The maximum absolute atomic E-state index is 9.81. The van der Waals surface area contributed by atoms with Crippen LogP contribution in [0.5, 0.6) is 5.75 Å². The lowest BCUT2D eigenvalue weighted by atomic mass is 10.0. The molecule has 1 aromatic carbocycles. The number of benzene rings is 1. The second kappa shape index (κ2) is 4.77.